The fourth-order valence-electron chi connectivity index (χ4n) is 0.591. The minimum Gasteiger partial charge on any atom is -0.500 e. The van der Waals surface area contributed by atoms with Crippen LogP contribution in [0.2, 0.25) is 0 Å². The van der Waals surface area contributed by atoms with Crippen LogP contribution in [0, 0.1) is 5.92 Å². The average molecular weight is 129 g/mol. The summed E-state index contributed by atoms with van der Waals surface area (Å²) >= 11 is 0. The number of ether oxygens (including phenoxy) is 1. The Hall–Kier alpha value is -0.500. The van der Waals surface area contributed by atoms with Gasteiger partial charge in [-0.1, -0.05) is 13.8 Å². The first kappa shape index (κ1) is 8.50. The molecule has 0 saturated carbocycles. The van der Waals surface area contributed by atoms with Gasteiger partial charge in [-0.05, 0) is 12.0 Å². The van der Waals surface area contributed by atoms with E-state index in [1.165, 1.54) is 0 Å². The molecule has 0 unspecified atom stereocenters. The minimum absolute atomic E-state index is 0.495. The Labute approximate surface area is 56.7 Å². The zero-order valence-electron chi connectivity index (χ0n) is 6.35. The highest BCUT2D eigenvalue weighted by Gasteiger charge is 1.92. The fraction of sp³-hybridized carbons (Fsp3) is 0.714. The molecule has 0 rings (SSSR count). The molecule has 0 aliphatic heterocycles. The summed E-state index contributed by atoms with van der Waals surface area (Å²) in [5, 5.41) is 0. The maximum atomic E-state index is 5.34. The molecule has 0 radical (unpaired) electrons. The van der Waals surface area contributed by atoms with Crippen molar-refractivity contribution in [2.75, 3.05) is 13.7 Å². The molecule has 0 aliphatic carbocycles. The summed E-state index contributed by atoms with van der Waals surface area (Å²) in [6.07, 6.45) is 2.01. The molecule has 0 saturated heterocycles. The third-order valence-electron chi connectivity index (χ3n) is 0.983. The second kappa shape index (κ2) is 4.39. The average Bonchev–Trinajstić information content (AvgIpc) is 1.82. The first-order valence-electron chi connectivity index (χ1n) is 3.15. The summed E-state index contributed by atoms with van der Waals surface area (Å²) in [6.45, 7) is 4.68. The Bertz CT molecular complexity index is 91.1. The molecular weight excluding hydrogens is 114 g/mol. The highest BCUT2D eigenvalue weighted by atomic mass is 16.5. The molecule has 0 atom stereocenters. The van der Waals surface area contributed by atoms with Gasteiger partial charge in [0.05, 0.1) is 13.7 Å². The van der Waals surface area contributed by atoms with Crippen LogP contribution in [-0.4, -0.2) is 13.7 Å². The molecule has 2 nitrogen and oxygen atoms in total. The second-order valence-corrected chi connectivity index (χ2v) is 2.29. The molecule has 2 N–H and O–H groups in total. The summed E-state index contributed by atoms with van der Waals surface area (Å²) < 4.78 is 4.95. The molecule has 0 aliphatic rings. The lowest BCUT2D eigenvalue weighted by molar-refractivity contribution is 0.283. The van der Waals surface area contributed by atoms with E-state index in [1.807, 2.05) is 6.08 Å². The van der Waals surface area contributed by atoms with Crippen LogP contribution in [0.1, 0.15) is 13.8 Å². The van der Waals surface area contributed by atoms with Crippen molar-refractivity contribution in [3.8, 4) is 0 Å². The van der Waals surface area contributed by atoms with E-state index in [2.05, 4.69) is 13.8 Å². The SMILES string of the molecule is COC(=CC(C)C)CN. The zero-order valence-corrected chi connectivity index (χ0v) is 6.35. The van der Waals surface area contributed by atoms with Crippen molar-refractivity contribution < 1.29 is 4.74 Å². The van der Waals surface area contributed by atoms with Gasteiger partial charge in [0, 0.05) is 0 Å². The third-order valence-corrected chi connectivity index (χ3v) is 0.983. The van der Waals surface area contributed by atoms with E-state index in [0.717, 1.165) is 5.76 Å². The van der Waals surface area contributed by atoms with Crippen molar-refractivity contribution in [1.29, 1.82) is 0 Å². The highest BCUT2D eigenvalue weighted by molar-refractivity contribution is 4.95. The Morgan fingerprint density at radius 2 is 2.22 bits per heavy atom. The van der Waals surface area contributed by atoms with Gasteiger partial charge in [0.2, 0.25) is 0 Å². The van der Waals surface area contributed by atoms with E-state index >= 15 is 0 Å². The Morgan fingerprint density at radius 3 is 2.33 bits per heavy atom. The molecule has 0 aromatic heterocycles. The normalized spacial score (nSPS) is 12.3. The van der Waals surface area contributed by atoms with Crippen molar-refractivity contribution in [3.05, 3.63) is 11.8 Å². The predicted molar refractivity (Wildman–Crippen MR) is 39.0 cm³/mol. The van der Waals surface area contributed by atoms with E-state index in [1.54, 1.807) is 7.11 Å². The standard InChI is InChI=1S/C7H15NO/c1-6(2)4-7(5-8)9-3/h4,6H,5,8H2,1-3H3. The van der Waals surface area contributed by atoms with E-state index in [9.17, 15) is 0 Å². The molecule has 9 heavy (non-hydrogen) atoms. The van der Waals surface area contributed by atoms with Crippen LogP contribution in [0.5, 0.6) is 0 Å². The van der Waals surface area contributed by atoms with Crippen LogP contribution >= 0.6 is 0 Å². The first-order valence-corrected chi connectivity index (χ1v) is 3.15. The third kappa shape index (κ3) is 4.03. The van der Waals surface area contributed by atoms with Gasteiger partial charge in [0.15, 0.2) is 0 Å². The van der Waals surface area contributed by atoms with Crippen LogP contribution in [-0.2, 0) is 4.74 Å². The molecule has 0 amide bonds. The molecule has 0 fully saturated rings. The fourth-order valence-corrected chi connectivity index (χ4v) is 0.591. The maximum Gasteiger partial charge on any atom is 0.105 e. The van der Waals surface area contributed by atoms with Crippen molar-refractivity contribution in [2.45, 2.75) is 13.8 Å². The van der Waals surface area contributed by atoms with Crippen molar-refractivity contribution >= 4 is 0 Å². The van der Waals surface area contributed by atoms with Crippen LogP contribution in [0.4, 0.5) is 0 Å². The summed E-state index contributed by atoms with van der Waals surface area (Å²) in [5.74, 6) is 1.38. The Morgan fingerprint density at radius 1 is 1.67 bits per heavy atom. The summed E-state index contributed by atoms with van der Waals surface area (Å²) in [7, 11) is 1.64. The van der Waals surface area contributed by atoms with Crippen molar-refractivity contribution in [1.82, 2.24) is 0 Å². The van der Waals surface area contributed by atoms with Gasteiger partial charge in [0.1, 0.15) is 5.76 Å². The van der Waals surface area contributed by atoms with Gasteiger partial charge in [-0.25, -0.2) is 0 Å². The molecule has 0 heterocycles. The van der Waals surface area contributed by atoms with Crippen LogP contribution in [0.25, 0.3) is 0 Å². The van der Waals surface area contributed by atoms with Gasteiger partial charge >= 0.3 is 0 Å². The molecule has 2 heteroatoms. The first-order chi connectivity index (χ1) is 4.20. The number of rotatable bonds is 3. The van der Waals surface area contributed by atoms with Gasteiger partial charge in [-0.3, -0.25) is 0 Å². The maximum absolute atomic E-state index is 5.34. The number of allylic oxidation sites excluding steroid dienone is 1. The quantitative estimate of drug-likeness (QED) is 0.580. The topological polar surface area (TPSA) is 35.2 Å². The van der Waals surface area contributed by atoms with Gasteiger partial charge in [-0.2, -0.15) is 0 Å². The van der Waals surface area contributed by atoms with Crippen LogP contribution < -0.4 is 5.73 Å². The Balaban J connectivity index is 3.75. The molecule has 0 aromatic carbocycles. The van der Waals surface area contributed by atoms with E-state index in [-0.39, 0.29) is 0 Å². The molecule has 0 spiro atoms. The number of hydrogen-bond donors (Lipinski definition) is 1. The molecule has 0 aromatic rings. The lowest BCUT2D eigenvalue weighted by Crippen LogP contribution is -2.05. The highest BCUT2D eigenvalue weighted by Crippen LogP contribution is 2.00. The van der Waals surface area contributed by atoms with Crippen LogP contribution in [0.3, 0.4) is 0 Å². The lowest BCUT2D eigenvalue weighted by atomic mass is 10.2. The predicted octanol–water partition coefficient (Wildman–Crippen LogP) is 1.13. The zero-order chi connectivity index (χ0) is 7.28. The molecule has 54 valence electrons. The Kier molecular flexibility index (Phi) is 4.14. The monoisotopic (exact) mass is 129 g/mol. The molecular formula is C7H15NO. The largest absolute Gasteiger partial charge is 0.500 e. The lowest BCUT2D eigenvalue weighted by Gasteiger charge is -2.03. The van der Waals surface area contributed by atoms with Crippen molar-refractivity contribution in [3.63, 3.8) is 0 Å². The van der Waals surface area contributed by atoms with E-state index < -0.39 is 0 Å². The number of methoxy groups -OCH3 is 1. The molecule has 0 bridgehead atoms. The minimum atomic E-state index is 0.495. The smallest absolute Gasteiger partial charge is 0.105 e. The van der Waals surface area contributed by atoms with Gasteiger partial charge in [0.25, 0.3) is 0 Å². The van der Waals surface area contributed by atoms with Gasteiger partial charge in [-0.15, -0.1) is 0 Å². The van der Waals surface area contributed by atoms with E-state index in [4.69, 9.17) is 10.5 Å². The second-order valence-electron chi connectivity index (χ2n) is 2.29. The van der Waals surface area contributed by atoms with Gasteiger partial charge < -0.3 is 10.5 Å². The number of hydrogen-bond acceptors (Lipinski definition) is 2. The van der Waals surface area contributed by atoms with E-state index in [0.29, 0.717) is 12.5 Å². The summed E-state index contributed by atoms with van der Waals surface area (Å²) in [4.78, 5) is 0. The summed E-state index contributed by atoms with van der Waals surface area (Å²) in [6, 6.07) is 0. The number of nitrogens with two attached hydrogens (primary N) is 1. The van der Waals surface area contributed by atoms with Crippen molar-refractivity contribution in [2.24, 2.45) is 11.7 Å². The summed E-state index contributed by atoms with van der Waals surface area (Å²) in [5.41, 5.74) is 5.34. The van der Waals surface area contributed by atoms with Crippen LogP contribution in [0.15, 0.2) is 11.8 Å².